The van der Waals surface area contributed by atoms with Gasteiger partial charge in [0.2, 0.25) is 0 Å². The molecule has 0 amide bonds. The Kier molecular flexibility index (Phi) is 4.31. The summed E-state index contributed by atoms with van der Waals surface area (Å²) in [5.74, 6) is 0.0417. The van der Waals surface area contributed by atoms with Crippen molar-refractivity contribution in [2.24, 2.45) is 0 Å². The Labute approximate surface area is 112 Å². The summed E-state index contributed by atoms with van der Waals surface area (Å²) in [4.78, 5) is 11.5. The van der Waals surface area contributed by atoms with Crippen LogP contribution >= 0.6 is 0 Å². The van der Waals surface area contributed by atoms with Gasteiger partial charge in [0, 0.05) is 23.5 Å². The molecule has 0 aliphatic heterocycles. The van der Waals surface area contributed by atoms with Crippen LogP contribution in [0.4, 0.5) is 11.4 Å². The van der Waals surface area contributed by atoms with Crippen LogP contribution in [0.3, 0.4) is 0 Å². The first-order chi connectivity index (χ1) is 9.20. The number of para-hydroxylation sites is 1. The van der Waals surface area contributed by atoms with Crippen LogP contribution in [0.5, 0.6) is 0 Å². The number of Topliss-reactive ketones (excluding diaryl/α,β-unsaturated/α-hetero) is 1. The fourth-order valence-corrected chi connectivity index (χ4v) is 1.94. The number of anilines is 2. The van der Waals surface area contributed by atoms with Crippen molar-refractivity contribution in [3.63, 3.8) is 0 Å². The van der Waals surface area contributed by atoms with E-state index in [0.717, 1.165) is 16.9 Å². The van der Waals surface area contributed by atoms with Gasteiger partial charge in [0.15, 0.2) is 5.78 Å². The lowest BCUT2D eigenvalue weighted by molar-refractivity contribution is 0.101. The van der Waals surface area contributed by atoms with Gasteiger partial charge >= 0.3 is 0 Å². The quantitative estimate of drug-likeness (QED) is 0.807. The lowest BCUT2D eigenvalue weighted by Crippen LogP contribution is -2.00. The van der Waals surface area contributed by atoms with Gasteiger partial charge in [-0.1, -0.05) is 24.3 Å². The molecular formula is C16H17NO2. The molecule has 0 heterocycles. The van der Waals surface area contributed by atoms with E-state index in [1.54, 1.807) is 6.92 Å². The fourth-order valence-electron chi connectivity index (χ4n) is 1.94. The fraction of sp³-hybridized carbons (Fsp3) is 0.188. The van der Waals surface area contributed by atoms with E-state index in [1.165, 1.54) is 0 Å². The van der Waals surface area contributed by atoms with E-state index in [0.29, 0.717) is 12.0 Å². The van der Waals surface area contributed by atoms with E-state index in [9.17, 15) is 4.79 Å². The smallest absolute Gasteiger partial charge is 0.161 e. The summed E-state index contributed by atoms with van der Waals surface area (Å²) in [7, 11) is 0. The van der Waals surface area contributed by atoms with Crippen LogP contribution in [-0.4, -0.2) is 17.5 Å². The molecule has 0 atom stereocenters. The SMILES string of the molecule is CC(=O)c1ccccc1Nc1ccc(CCO)cc1. The van der Waals surface area contributed by atoms with Gasteiger partial charge in [-0.3, -0.25) is 4.79 Å². The molecule has 0 aliphatic rings. The van der Waals surface area contributed by atoms with Gasteiger partial charge in [0.1, 0.15) is 0 Å². The Hall–Kier alpha value is -2.13. The van der Waals surface area contributed by atoms with E-state index < -0.39 is 0 Å². The van der Waals surface area contributed by atoms with Gasteiger partial charge in [-0.2, -0.15) is 0 Å². The molecule has 98 valence electrons. The predicted molar refractivity (Wildman–Crippen MR) is 77.0 cm³/mol. The van der Waals surface area contributed by atoms with Crippen LogP contribution in [0.25, 0.3) is 0 Å². The van der Waals surface area contributed by atoms with Gasteiger partial charge < -0.3 is 10.4 Å². The zero-order valence-corrected chi connectivity index (χ0v) is 10.9. The molecule has 2 rings (SSSR count). The average Bonchev–Trinajstić information content (AvgIpc) is 2.42. The third-order valence-electron chi connectivity index (χ3n) is 2.94. The number of nitrogens with one attached hydrogen (secondary N) is 1. The highest BCUT2D eigenvalue weighted by atomic mass is 16.2. The number of carbonyl (C=O) groups is 1. The molecule has 0 aromatic heterocycles. The number of aliphatic hydroxyl groups is 1. The highest BCUT2D eigenvalue weighted by Gasteiger charge is 2.06. The van der Waals surface area contributed by atoms with Gasteiger partial charge in [0.25, 0.3) is 0 Å². The van der Waals surface area contributed by atoms with E-state index >= 15 is 0 Å². The summed E-state index contributed by atoms with van der Waals surface area (Å²) >= 11 is 0. The van der Waals surface area contributed by atoms with Gasteiger partial charge in [-0.05, 0) is 43.2 Å². The molecule has 0 bridgehead atoms. The average molecular weight is 255 g/mol. The Morgan fingerprint density at radius 2 is 1.79 bits per heavy atom. The van der Waals surface area contributed by atoms with Crippen LogP contribution in [0.1, 0.15) is 22.8 Å². The Morgan fingerprint density at radius 3 is 2.42 bits per heavy atom. The summed E-state index contributed by atoms with van der Waals surface area (Å²) < 4.78 is 0. The molecule has 0 radical (unpaired) electrons. The number of benzene rings is 2. The van der Waals surface area contributed by atoms with Crippen molar-refractivity contribution < 1.29 is 9.90 Å². The highest BCUT2D eigenvalue weighted by Crippen LogP contribution is 2.21. The molecule has 2 aromatic rings. The number of ketones is 1. The number of hydrogen-bond donors (Lipinski definition) is 2. The zero-order valence-electron chi connectivity index (χ0n) is 10.9. The molecule has 3 nitrogen and oxygen atoms in total. The van der Waals surface area contributed by atoms with Crippen LogP contribution in [0.15, 0.2) is 48.5 Å². The van der Waals surface area contributed by atoms with Crippen molar-refractivity contribution in [3.8, 4) is 0 Å². The van der Waals surface area contributed by atoms with Crippen molar-refractivity contribution >= 4 is 17.2 Å². The molecule has 19 heavy (non-hydrogen) atoms. The second-order valence-corrected chi connectivity index (χ2v) is 4.40. The van der Waals surface area contributed by atoms with Crippen molar-refractivity contribution in [2.45, 2.75) is 13.3 Å². The van der Waals surface area contributed by atoms with Gasteiger partial charge in [0.05, 0.1) is 0 Å². The minimum atomic E-state index is 0.0417. The maximum Gasteiger partial charge on any atom is 0.161 e. The predicted octanol–water partition coefficient (Wildman–Crippen LogP) is 3.17. The zero-order chi connectivity index (χ0) is 13.7. The van der Waals surface area contributed by atoms with Crippen molar-refractivity contribution in [2.75, 3.05) is 11.9 Å². The topological polar surface area (TPSA) is 49.3 Å². The Bertz CT molecular complexity index is 561. The van der Waals surface area contributed by atoms with Crippen LogP contribution in [-0.2, 0) is 6.42 Å². The standard InChI is InChI=1S/C16H17NO2/c1-12(19)15-4-2-3-5-16(15)17-14-8-6-13(7-9-14)10-11-18/h2-9,17-18H,10-11H2,1H3. The Balaban J connectivity index is 2.19. The lowest BCUT2D eigenvalue weighted by atomic mass is 10.1. The minimum absolute atomic E-state index is 0.0417. The maximum absolute atomic E-state index is 11.5. The number of carbonyl (C=O) groups excluding carboxylic acids is 1. The first kappa shape index (κ1) is 13.3. The van der Waals surface area contributed by atoms with Crippen molar-refractivity contribution in [3.05, 3.63) is 59.7 Å². The second kappa shape index (κ2) is 6.16. The molecule has 0 fully saturated rings. The third-order valence-corrected chi connectivity index (χ3v) is 2.94. The first-order valence-electron chi connectivity index (χ1n) is 6.27. The molecule has 0 unspecified atom stereocenters. The van der Waals surface area contributed by atoms with E-state index in [1.807, 2.05) is 48.5 Å². The van der Waals surface area contributed by atoms with Crippen molar-refractivity contribution in [1.82, 2.24) is 0 Å². The van der Waals surface area contributed by atoms with Crippen molar-refractivity contribution in [1.29, 1.82) is 0 Å². The molecule has 0 saturated heterocycles. The molecule has 0 saturated carbocycles. The third kappa shape index (κ3) is 3.42. The maximum atomic E-state index is 11.5. The number of aliphatic hydroxyl groups excluding tert-OH is 1. The summed E-state index contributed by atoms with van der Waals surface area (Å²) in [5, 5.41) is 12.1. The largest absolute Gasteiger partial charge is 0.396 e. The first-order valence-corrected chi connectivity index (χ1v) is 6.27. The second-order valence-electron chi connectivity index (χ2n) is 4.40. The number of hydrogen-bond acceptors (Lipinski definition) is 3. The monoisotopic (exact) mass is 255 g/mol. The molecular weight excluding hydrogens is 238 g/mol. The summed E-state index contributed by atoms with van der Waals surface area (Å²) in [6, 6.07) is 15.3. The molecule has 3 heteroatoms. The van der Waals surface area contributed by atoms with E-state index in [-0.39, 0.29) is 12.4 Å². The molecule has 0 spiro atoms. The molecule has 2 N–H and O–H groups in total. The van der Waals surface area contributed by atoms with Crippen LogP contribution < -0.4 is 5.32 Å². The Morgan fingerprint density at radius 1 is 1.11 bits per heavy atom. The highest BCUT2D eigenvalue weighted by molar-refractivity contribution is 6.00. The van der Waals surface area contributed by atoms with Gasteiger partial charge in [-0.15, -0.1) is 0 Å². The molecule has 0 aliphatic carbocycles. The van der Waals surface area contributed by atoms with Crippen LogP contribution in [0.2, 0.25) is 0 Å². The van der Waals surface area contributed by atoms with E-state index in [2.05, 4.69) is 5.32 Å². The lowest BCUT2D eigenvalue weighted by Gasteiger charge is -2.10. The summed E-state index contributed by atoms with van der Waals surface area (Å²) in [6.45, 7) is 1.71. The van der Waals surface area contributed by atoms with E-state index in [4.69, 9.17) is 5.11 Å². The normalized spacial score (nSPS) is 10.2. The summed E-state index contributed by atoms with van der Waals surface area (Å²) in [5.41, 5.74) is 3.51. The molecule has 2 aromatic carbocycles. The minimum Gasteiger partial charge on any atom is -0.396 e. The summed E-state index contributed by atoms with van der Waals surface area (Å²) in [6.07, 6.45) is 0.657. The van der Waals surface area contributed by atoms with Gasteiger partial charge in [-0.25, -0.2) is 0 Å². The number of rotatable bonds is 5. The van der Waals surface area contributed by atoms with Crippen LogP contribution in [0, 0.1) is 0 Å².